The highest BCUT2D eigenvalue weighted by molar-refractivity contribution is 5.95. The van der Waals surface area contributed by atoms with Gasteiger partial charge < -0.3 is 0 Å². The molecule has 0 fully saturated rings. The molecule has 0 saturated heterocycles. The van der Waals surface area contributed by atoms with Gasteiger partial charge in [-0.05, 0) is 25.8 Å². The molecule has 0 aromatic rings. The summed E-state index contributed by atoms with van der Waals surface area (Å²) in [4.78, 5) is 11.2. The molecule has 0 amide bonds. The Morgan fingerprint density at radius 2 is 2.10 bits per heavy atom. The van der Waals surface area contributed by atoms with Gasteiger partial charge in [0.1, 0.15) is 0 Å². The maximum absolute atomic E-state index is 11.2. The molecule has 0 radical (unpaired) electrons. The van der Waals surface area contributed by atoms with Crippen LogP contribution in [0.15, 0.2) is 11.6 Å². The number of allylic oxidation sites excluding steroid dienone is 2. The molecule has 0 saturated carbocycles. The van der Waals surface area contributed by atoms with Gasteiger partial charge in [-0.15, -0.1) is 0 Å². The SMILES string of the molecule is CC1=CC(=O)C(C)(C)CC1. The van der Waals surface area contributed by atoms with Crippen molar-refractivity contribution in [3.05, 3.63) is 11.6 Å². The molecule has 0 spiro atoms. The Morgan fingerprint density at radius 1 is 1.50 bits per heavy atom. The van der Waals surface area contributed by atoms with Gasteiger partial charge in [0, 0.05) is 5.41 Å². The fraction of sp³-hybridized carbons (Fsp3) is 0.667. The molecule has 56 valence electrons. The zero-order chi connectivity index (χ0) is 7.78. The first-order chi connectivity index (χ1) is 4.52. The van der Waals surface area contributed by atoms with Crippen LogP contribution in [0.25, 0.3) is 0 Å². The lowest BCUT2D eigenvalue weighted by Crippen LogP contribution is -2.25. The molecular weight excluding hydrogens is 124 g/mol. The Hall–Kier alpha value is -0.590. The number of ketones is 1. The third-order valence-electron chi connectivity index (χ3n) is 2.19. The molecule has 0 atom stereocenters. The summed E-state index contributed by atoms with van der Waals surface area (Å²) in [5, 5.41) is 0. The van der Waals surface area contributed by atoms with Gasteiger partial charge in [-0.3, -0.25) is 4.79 Å². The number of hydrogen-bond acceptors (Lipinski definition) is 1. The van der Waals surface area contributed by atoms with Gasteiger partial charge in [0.05, 0.1) is 0 Å². The molecule has 1 aliphatic rings. The fourth-order valence-electron chi connectivity index (χ4n) is 1.12. The molecule has 0 bridgehead atoms. The quantitative estimate of drug-likeness (QED) is 0.502. The monoisotopic (exact) mass is 138 g/mol. The minimum atomic E-state index is -0.0977. The van der Waals surface area contributed by atoms with Gasteiger partial charge in [0.2, 0.25) is 0 Å². The first kappa shape index (κ1) is 7.52. The predicted octanol–water partition coefficient (Wildman–Crippen LogP) is 2.32. The van der Waals surface area contributed by atoms with E-state index < -0.39 is 0 Å². The zero-order valence-electron chi connectivity index (χ0n) is 6.90. The number of carbonyl (C=O) groups is 1. The van der Waals surface area contributed by atoms with E-state index in [1.54, 1.807) is 6.08 Å². The Labute approximate surface area is 62.1 Å². The molecule has 0 aromatic carbocycles. The van der Waals surface area contributed by atoms with E-state index in [2.05, 4.69) is 0 Å². The van der Waals surface area contributed by atoms with Gasteiger partial charge in [-0.1, -0.05) is 19.4 Å². The van der Waals surface area contributed by atoms with E-state index in [1.807, 2.05) is 20.8 Å². The van der Waals surface area contributed by atoms with E-state index in [1.165, 1.54) is 5.57 Å². The van der Waals surface area contributed by atoms with E-state index in [4.69, 9.17) is 0 Å². The second-order valence-electron chi connectivity index (χ2n) is 3.74. The Balaban J connectivity index is 2.84. The van der Waals surface area contributed by atoms with Crippen molar-refractivity contribution < 1.29 is 4.79 Å². The maximum atomic E-state index is 11.2. The molecule has 1 heteroatoms. The maximum Gasteiger partial charge on any atom is 0.161 e. The van der Waals surface area contributed by atoms with Crippen molar-refractivity contribution in [3.8, 4) is 0 Å². The minimum absolute atomic E-state index is 0.0977. The van der Waals surface area contributed by atoms with Crippen molar-refractivity contribution in [1.29, 1.82) is 0 Å². The van der Waals surface area contributed by atoms with Crippen molar-refractivity contribution in [2.45, 2.75) is 33.6 Å². The molecule has 1 nitrogen and oxygen atoms in total. The van der Waals surface area contributed by atoms with Crippen LogP contribution in [0.5, 0.6) is 0 Å². The van der Waals surface area contributed by atoms with Crippen molar-refractivity contribution in [1.82, 2.24) is 0 Å². The summed E-state index contributed by atoms with van der Waals surface area (Å²) in [6, 6.07) is 0. The normalized spacial score (nSPS) is 24.3. The molecule has 0 heterocycles. The predicted molar refractivity (Wildman–Crippen MR) is 41.8 cm³/mol. The summed E-state index contributed by atoms with van der Waals surface area (Å²) >= 11 is 0. The van der Waals surface area contributed by atoms with E-state index in [0.29, 0.717) is 0 Å². The van der Waals surface area contributed by atoms with Crippen LogP contribution in [0.3, 0.4) is 0 Å². The average Bonchev–Trinajstić information content (AvgIpc) is 1.81. The Kier molecular flexibility index (Phi) is 1.67. The van der Waals surface area contributed by atoms with Crippen molar-refractivity contribution in [3.63, 3.8) is 0 Å². The summed E-state index contributed by atoms with van der Waals surface area (Å²) in [7, 11) is 0. The van der Waals surface area contributed by atoms with Crippen LogP contribution in [0.2, 0.25) is 0 Å². The smallest absolute Gasteiger partial charge is 0.161 e. The Morgan fingerprint density at radius 3 is 2.50 bits per heavy atom. The van der Waals surface area contributed by atoms with Crippen LogP contribution in [-0.2, 0) is 4.79 Å². The first-order valence-corrected chi connectivity index (χ1v) is 3.74. The van der Waals surface area contributed by atoms with Crippen molar-refractivity contribution >= 4 is 5.78 Å². The summed E-state index contributed by atoms with van der Waals surface area (Å²) in [6.45, 7) is 6.05. The highest BCUT2D eigenvalue weighted by Crippen LogP contribution is 2.30. The minimum Gasteiger partial charge on any atom is -0.294 e. The molecule has 1 aliphatic carbocycles. The second kappa shape index (κ2) is 2.22. The number of rotatable bonds is 0. The molecule has 1 rings (SSSR count). The molecule has 0 aromatic heterocycles. The third kappa shape index (κ3) is 1.28. The van der Waals surface area contributed by atoms with Crippen LogP contribution in [0.1, 0.15) is 33.6 Å². The summed E-state index contributed by atoms with van der Waals surface area (Å²) in [6.07, 6.45) is 3.87. The molecule has 0 N–H and O–H groups in total. The van der Waals surface area contributed by atoms with Crippen LogP contribution >= 0.6 is 0 Å². The van der Waals surface area contributed by atoms with Gasteiger partial charge in [-0.2, -0.15) is 0 Å². The standard InChI is InChI=1S/C9H14O/c1-7-4-5-9(2,3)8(10)6-7/h6H,4-5H2,1-3H3. The summed E-state index contributed by atoms with van der Waals surface area (Å²) in [5.74, 6) is 0.288. The third-order valence-corrected chi connectivity index (χ3v) is 2.19. The number of carbonyl (C=O) groups excluding carboxylic acids is 1. The van der Waals surface area contributed by atoms with Crippen LogP contribution < -0.4 is 0 Å². The molecular formula is C9H14O. The van der Waals surface area contributed by atoms with Gasteiger partial charge >= 0.3 is 0 Å². The molecule has 0 aliphatic heterocycles. The van der Waals surface area contributed by atoms with E-state index in [-0.39, 0.29) is 11.2 Å². The summed E-state index contributed by atoms with van der Waals surface area (Å²) < 4.78 is 0. The largest absolute Gasteiger partial charge is 0.294 e. The fourth-order valence-corrected chi connectivity index (χ4v) is 1.12. The van der Waals surface area contributed by atoms with Gasteiger partial charge in [0.25, 0.3) is 0 Å². The van der Waals surface area contributed by atoms with Gasteiger partial charge in [0.15, 0.2) is 5.78 Å². The van der Waals surface area contributed by atoms with E-state index in [9.17, 15) is 4.79 Å². The van der Waals surface area contributed by atoms with Crippen molar-refractivity contribution in [2.75, 3.05) is 0 Å². The second-order valence-corrected chi connectivity index (χ2v) is 3.74. The van der Waals surface area contributed by atoms with E-state index in [0.717, 1.165) is 12.8 Å². The van der Waals surface area contributed by atoms with Crippen LogP contribution in [0, 0.1) is 5.41 Å². The van der Waals surface area contributed by atoms with Gasteiger partial charge in [-0.25, -0.2) is 0 Å². The Bertz CT molecular complexity index is 187. The van der Waals surface area contributed by atoms with Crippen molar-refractivity contribution in [2.24, 2.45) is 5.41 Å². The summed E-state index contributed by atoms with van der Waals surface area (Å²) in [5.41, 5.74) is 1.13. The van der Waals surface area contributed by atoms with Crippen LogP contribution in [-0.4, -0.2) is 5.78 Å². The lowest BCUT2D eigenvalue weighted by molar-refractivity contribution is -0.123. The lowest BCUT2D eigenvalue weighted by atomic mass is 9.78. The van der Waals surface area contributed by atoms with Crippen LogP contribution in [0.4, 0.5) is 0 Å². The lowest BCUT2D eigenvalue weighted by Gasteiger charge is -2.25. The molecule has 0 unspecified atom stereocenters. The topological polar surface area (TPSA) is 17.1 Å². The average molecular weight is 138 g/mol. The highest BCUT2D eigenvalue weighted by atomic mass is 16.1. The highest BCUT2D eigenvalue weighted by Gasteiger charge is 2.28. The zero-order valence-corrected chi connectivity index (χ0v) is 6.90. The number of hydrogen-bond donors (Lipinski definition) is 0. The first-order valence-electron chi connectivity index (χ1n) is 3.74. The van der Waals surface area contributed by atoms with E-state index >= 15 is 0 Å². The molecule has 10 heavy (non-hydrogen) atoms.